The van der Waals surface area contributed by atoms with E-state index >= 15 is 0 Å². The number of nitrogens with zero attached hydrogens (tertiary/aromatic N) is 4. The number of rotatable bonds is 7. The summed E-state index contributed by atoms with van der Waals surface area (Å²) in [6.45, 7) is 8.61. The molecule has 128 valence electrons. The molecule has 0 unspecified atom stereocenters. The maximum atomic E-state index is 5.68. The average Bonchev–Trinajstić information content (AvgIpc) is 3.11. The van der Waals surface area contributed by atoms with E-state index in [1.807, 2.05) is 10.9 Å². The van der Waals surface area contributed by atoms with Crippen LogP contribution < -0.4 is 11.1 Å². The van der Waals surface area contributed by atoms with Gasteiger partial charge >= 0.3 is 0 Å². The third-order valence-electron chi connectivity index (χ3n) is 4.04. The number of thiophene rings is 1. The maximum Gasteiger partial charge on any atom is 0.139 e. The van der Waals surface area contributed by atoms with Crippen molar-refractivity contribution >= 4 is 27.4 Å². The standard InChI is InChI=1S/C17H24N6S/c1-4-7-23-10-13(9-20-23)8-19-16-15-11(2)12(3)24-17(15)22-14(21-16)5-6-18/h9-10H,4-8,18H2,1-3H3,(H,19,21,22). The quantitative estimate of drug-likeness (QED) is 0.688. The summed E-state index contributed by atoms with van der Waals surface area (Å²) in [6.07, 6.45) is 5.76. The molecule has 0 aliphatic rings. The Bertz CT molecular complexity index is 835. The molecule has 0 amide bonds. The van der Waals surface area contributed by atoms with Crippen molar-refractivity contribution in [3.05, 3.63) is 34.2 Å². The molecule has 0 radical (unpaired) electrons. The van der Waals surface area contributed by atoms with E-state index < -0.39 is 0 Å². The number of anilines is 1. The van der Waals surface area contributed by atoms with Crippen molar-refractivity contribution in [1.82, 2.24) is 19.7 Å². The van der Waals surface area contributed by atoms with E-state index in [4.69, 9.17) is 10.7 Å². The number of hydrogen-bond donors (Lipinski definition) is 2. The second-order valence-corrected chi connectivity index (χ2v) is 7.16. The van der Waals surface area contributed by atoms with E-state index in [0.29, 0.717) is 19.5 Å². The number of aromatic nitrogens is 4. The van der Waals surface area contributed by atoms with Crippen molar-refractivity contribution < 1.29 is 0 Å². The summed E-state index contributed by atoms with van der Waals surface area (Å²) in [5.74, 6) is 1.70. The number of nitrogens with one attached hydrogen (secondary N) is 1. The van der Waals surface area contributed by atoms with Gasteiger partial charge in [0, 0.05) is 36.1 Å². The van der Waals surface area contributed by atoms with Gasteiger partial charge in [0.05, 0.1) is 11.6 Å². The molecule has 0 saturated heterocycles. The molecule has 0 saturated carbocycles. The molecule has 3 aromatic rings. The van der Waals surface area contributed by atoms with E-state index in [9.17, 15) is 0 Å². The molecule has 6 nitrogen and oxygen atoms in total. The SMILES string of the molecule is CCCn1cc(CNc2nc(CCN)nc3sc(C)c(C)c23)cn1. The lowest BCUT2D eigenvalue weighted by Crippen LogP contribution is -2.09. The van der Waals surface area contributed by atoms with Gasteiger partial charge in [-0.15, -0.1) is 11.3 Å². The van der Waals surface area contributed by atoms with Gasteiger partial charge in [0.25, 0.3) is 0 Å². The lowest BCUT2D eigenvalue weighted by atomic mass is 10.2. The molecule has 0 bridgehead atoms. The van der Waals surface area contributed by atoms with Crippen molar-refractivity contribution in [3.8, 4) is 0 Å². The van der Waals surface area contributed by atoms with Gasteiger partial charge in [-0.1, -0.05) is 6.92 Å². The van der Waals surface area contributed by atoms with Crippen molar-refractivity contribution in [2.45, 2.75) is 46.7 Å². The van der Waals surface area contributed by atoms with Crippen LogP contribution >= 0.6 is 11.3 Å². The molecule has 3 rings (SSSR count). The summed E-state index contributed by atoms with van der Waals surface area (Å²) in [4.78, 5) is 11.7. The van der Waals surface area contributed by atoms with Gasteiger partial charge in [0.1, 0.15) is 16.5 Å². The molecule has 0 aliphatic carbocycles. The Morgan fingerprint density at radius 3 is 2.88 bits per heavy atom. The number of nitrogens with two attached hydrogens (primary N) is 1. The molecule has 0 spiro atoms. The van der Waals surface area contributed by atoms with Gasteiger partial charge in [-0.05, 0) is 32.4 Å². The highest BCUT2D eigenvalue weighted by Gasteiger charge is 2.14. The van der Waals surface area contributed by atoms with E-state index in [-0.39, 0.29) is 0 Å². The Labute approximate surface area is 146 Å². The molecule has 3 aromatic heterocycles. The fourth-order valence-electron chi connectivity index (χ4n) is 2.70. The summed E-state index contributed by atoms with van der Waals surface area (Å²) in [6, 6.07) is 0. The highest BCUT2D eigenvalue weighted by Crippen LogP contribution is 2.33. The summed E-state index contributed by atoms with van der Waals surface area (Å²) in [7, 11) is 0. The summed E-state index contributed by atoms with van der Waals surface area (Å²) in [5, 5.41) is 8.98. The lowest BCUT2D eigenvalue weighted by Gasteiger charge is -2.08. The highest BCUT2D eigenvalue weighted by molar-refractivity contribution is 7.18. The molecule has 3 heterocycles. The van der Waals surface area contributed by atoms with Crippen LogP contribution in [0.1, 0.15) is 35.2 Å². The van der Waals surface area contributed by atoms with Crippen LogP contribution in [0, 0.1) is 13.8 Å². The van der Waals surface area contributed by atoms with E-state index in [0.717, 1.165) is 40.4 Å². The van der Waals surface area contributed by atoms with Crippen molar-refractivity contribution in [1.29, 1.82) is 0 Å². The van der Waals surface area contributed by atoms with Gasteiger partial charge in [0.15, 0.2) is 0 Å². The Morgan fingerprint density at radius 2 is 2.12 bits per heavy atom. The molecule has 7 heteroatoms. The predicted molar refractivity (Wildman–Crippen MR) is 99.5 cm³/mol. The van der Waals surface area contributed by atoms with Crippen LogP contribution in [0.2, 0.25) is 0 Å². The smallest absolute Gasteiger partial charge is 0.139 e. The minimum atomic E-state index is 0.554. The van der Waals surface area contributed by atoms with E-state index in [1.54, 1.807) is 11.3 Å². The molecule has 0 atom stereocenters. The fourth-order valence-corrected chi connectivity index (χ4v) is 3.75. The first kappa shape index (κ1) is 16.9. The highest BCUT2D eigenvalue weighted by atomic mass is 32.1. The topological polar surface area (TPSA) is 81.7 Å². The zero-order valence-corrected chi connectivity index (χ0v) is 15.3. The van der Waals surface area contributed by atoms with Crippen LogP contribution in [-0.2, 0) is 19.5 Å². The first-order chi connectivity index (χ1) is 11.6. The molecule has 0 fully saturated rings. The van der Waals surface area contributed by atoms with Gasteiger partial charge in [-0.25, -0.2) is 9.97 Å². The van der Waals surface area contributed by atoms with E-state index in [2.05, 4.69) is 42.4 Å². The Hall–Kier alpha value is -1.99. The van der Waals surface area contributed by atoms with Crippen LogP contribution in [0.3, 0.4) is 0 Å². The molecular weight excluding hydrogens is 320 g/mol. The summed E-state index contributed by atoms with van der Waals surface area (Å²) in [5.41, 5.74) is 8.08. The Morgan fingerprint density at radius 1 is 1.29 bits per heavy atom. The summed E-state index contributed by atoms with van der Waals surface area (Å²) < 4.78 is 1.98. The predicted octanol–water partition coefficient (Wildman–Crippen LogP) is 3.03. The third kappa shape index (κ3) is 3.42. The first-order valence-electron chi connectivity index (χ1n) is 8.34. The van der Waals surface area contributed by atoms with Crippen LogP contribution in [0.25, 0.3) is 10.2 Å². The number of fused-ring (bicyclic) bond motifs is 1. The molecule has 0 aromatic carbocycles. The van der Waals surface area contributed by atoms with Crippen LogP contribution in [-0.4, -0.2) is 26.3 Å². The van der Waals surface area contributed by atoms with Crippen LogP contribution in [0.15, 0.2) is 12.4 Å². The molecule has 24 heavy (non-hydrogen) atoms. The second-order valence-electron chi connectivity index (χ2n) is 5.96. The van der Waals surface area contributed by atoms with Crippen molar-refractivity contribution in [3.63, 3.8) is 0 Å². The Kier molecular flexibility index (Phi) is 5.11. The largest absolute Gasteiger partial charge is 0.365 e. The normalized spacial score (nSPS) is 11.3. The minimum Gasteiger partial charge on any atom is -0.365 e. The number of hydrogen-bond acceptors (Lipinski definition) is 6. The second kappa shape index (κ2) is 7.27. The zero-order valence-electron chi connectivity index (χ0n) is 14.5. The monoisotopic (exact) mass is 344 g/mol. The average molecular weight is 344 g/mol. The van der Waals surface area contributed by atoms with E-state index in [1.165, 1.54) is 10.4 Å². The molecular formula is C17H24N6S. The van der Waals surface area contributed by atoms with Gasteiger partial charge in [0.2, 0.25) is 0 Å². The Balaban J connectivity index is 1.88. The molecule has 0 aliphatic heterocycles. The fraction of sp³-hybridized carbons (Fsp3) is 0.471. The van der Waals surface area contributed by atoms with Crippen molar-refractivity contribution in [2.75, 3.05) is 11.9 Å². The molecule has 3 N–H and O–H groups in total. The summed E-state index contributed by atoms with van der Waals surface area (Å²) >= 11 is 1.72. The van der Waals surface area contributed by atoms with Gasteiger partial charge < -0.3 is 11.1 Å². The maximum absolute atomic E-state index is 5.68. The lowest BCUT2D eigenvalue weighted by molar-refractivity contribution is 0.602. The van der Waals surface area contributed by atoms with Crippen LogP contribution in [0.4, 0.5) is 5.82 Å². The van der Waals surface area contributed by atoms with Crippen LogP contribution in [0.5, 0.6) is 0 Å². The minimum absolute atomic E-state index is 0.554. The van der Waals surface area contributed by atoms with Gasteiger partial charge in [-0.3, -0.25) is 4.68 Å². The number of aryl methyl sites for hydroxylation is 3. The first-order valence-corrected chi connectivity index (χ1v) is 9.16. The van der Waals surface area contributed by atoms with Gasteiger partial charge in [-0.2, -0.15) is 5.10 Å². The van der Waals surface area contributed by atoms with Crippen molar-refractivity contribution in [2.24, 2.45) is 5.73 Å². The third-order valence-corrected chi connectivity index (χ3v) is 5.14. The zero-order chi connectivity index (χ0) is 17.1.